The van der Waals surface area contributed by atoms with Crippen LogP contribution in [0.25, 0.3) is 0 Å². The van der Waals surface area contributed by atoms with E-state index < -0.39 is 97.5 Å². The van der Waals surface area contributed by atoms with Gasteiger partial charge in [-0.05, 0) is 31.6 Å². The van der Waals surface area contributed by atoms with Crippen molar-refractivity contribution in [2.75, 3.05) is 39.6 Å². The number of unbranched alkanes of at least 4 members (excludes halogenated alkanes) is 32. The van der Waals surface area contributed by atoms with Crippen LogP contribution < -0.4 is 0 Å². The molecule has 0 heterocycles. The van der Waals surface area contributed by atoms with Crippen LogP contribution in [-0.2, 0) is 65.4 Å². The van der Waals surface area contributed by atoms with Gasteiger partial charge in [0.2, 0.25) is 0 Å². The molecule has 0 aliphatic rings. The van der Waals surface area contributed by atoms with E-state index in [9.17, 15) is 43.2 Å². The second-order valence-corrected chi connectivity index (χ2v) is 25.2. The van der Waals surface area contributed by atoms with Gasteiger partial charge in [0.1, 0.15) is 19.3 Å². The molecule has 0 aliphatic carbocycles. The molecule has 474 valence electrons. The zero-order valence-electron chi connectivity index (χ0n) is 51.2. The number of phosphoric ester groups is 2. The molecule has 0 aromatic carbocycles. The Labute approximate surface area is 486 Å². The Morgan fingerprint density at radius 3 is 0.887 bits per heavy atom. The van der Waals surface area contributed by atoms with Gasteiger partial charge in [0.05, 0.1) is 26.4 Å². The molecule has 0 rings (SSSR count). The van der Waals surface area contributed by atoms with Gasteiger partial charge in [-0.15, -0.1) is 0 Å². The summed E-state index contributed by atoms with van der Waals surface area (Å²) in [6.45, 7) is 7.08. The van der Waals surface area contributed by atoms with Crippen LogP contribution >= 0.6 is 15.6 Å². The number of ether oxygens (including phenoxy) is 4. The van der Waals surface area contributed by atoms with Gasteiger partial charge in [-0.25, -0.2) is 9.13 Å². The largest absolute Gasteiger partial charge is 0.472 e. The number of esters is 4. The number of carbonyl (C=O) groups is 4. The highest BCUT2D eigenvalue weighted by Gasteiger charge is 2.30. The minimum absolute atomic E-state index is 0.105. The Hall–Kier alpha value is -1.94. The highest BCUT2D eigenvalue weighted by molar-refractivity contribution is 7.47. The molecule has 17 nitrogen and oxygen atoms in total. The molecule has 0 saturated heterocycles. The fraction of sp³-hybridized carbons (Fsp3) is 0.934. The summed E-state index contributed by atoms with van der Waals surface area (Å²) in [5.74, 6) is -1.41. The summed E-state index contributed by atoms with van der Waals surface area (Å²) in [5, 5.41) is 10.5. The zero-order chi connectivity index (χ0) is 59.2. The van der Waals surface area contributed by atoms with Gasteiger partial charge < -0.3 is 33.8 Å². The summed E-state index contributed by atoms with van der Waals surface area (Å²) in [6, 6.07) is 0. The average molecular weight is 1190 g/mol. The van der Waals surface area contributed by atoms with E-state index in [0.29, 0.717) is 25.7 Å². The Balaban J connectivity index is 5.21. The van der Waals surface area contributed by atoms with Gasteiger partial charge in [0, 0.05) is 25.7 Å². The lowest BCUT2D eigenvalue weighted by molar-refractivity contribution is -0.161. The number of aliphatic hydroxyl groups excluding tert-OH is 1. The molecule has 0 spiro atoms. The molecule has 3 unspecified atom stereocenters. The number of phosphoric acid groups is 2. The summed E-state index contributed by atoms with van der Waals surface area (Å²) in [6.07, 6.45) is 37.7. The van der Waals surface area contributed by atoms with Crippen LogP contribution in [0.15, 0.2) is 0 Å². The average Bonchev–Trinajstić information content (AvgIpc) is 3.43. The number of aliphatic hydroxyl groups is 1. The maximum absolute atomic E-state index is 12.9. The van der Waals surface area contributed by atoms with Gasteiger partial charge >= 0.3 is 39.5 Å². The van der Waals surface area contributed by atoms with Gasteiger partial charge in [0.25, 0.3) is 0 Å². The predicted octanol–water partition coefficient (Wildman–Crippen LogP) is 16.6. The predicted molar refractivity (Wildman–Crippen MR) is 317 cm³/mol. The van der Waals surface area contributed by atoms with Gasteiger partial charge in [-0.3, -0.25) is 37.3 Å². The standard InChI is InChI=1S/C61H118O17P2/c1-6-10-13-16-19-21-22-23-24-25-27-30-37-42-47-61(66)78-57(51-72-59(64)45-40-35-32-31-33-38-43-54(5)9-4)53-76-80(69,70)74-49-55(62)48-73-79(67,68)75-52-56(50-71-58(63)44-39-34-28-18-15-12-8-3)77-60(65)46-41-36-29-26-20-17-14-11-7-2/h54-57,62H,6-53H2,1-5H3,(H,67,68)(H,69,70)/t54?,55-,56+,57+/m0/s1. The van der Waals surface area contributed by atoms with Crippen LogP contribution in [0, 0.1) is 5.92 Å². The van der Waals surface area contributed by atoms with Crippen LogP contribution in [0.5, 0.6) is 0 Å². The van der Waals surface area contributed by atoms with Crippen LogP contribution in [0.1, 0.15) is 304 Å². The maximum Gasteiger partial charge on any atom is 0.472 e. The molecule has 0 aromatic rings. The van der Waals surface area contributed by atoms with Crippen LogP contribution in [-0.4, -0.2) is 96.7 Å². The fourth-order valence-corrected chi connectivity index (χ4v) is 10.6. The molecule has 0 amide bonds. The van der Waals surface area contributed by atoms with Crippen molar-refractivity contribution in [1.82, 2.24) is 0 Å². The lowest BCUT2D eigenvalue weighted by atomic mass is 10.00. The van der Waals surface area contributed by atoms with E-state index in [0.717, 1.165) is 115 Å². The minimum Gasteiger partial charge on any atom is -0.462 e. The Bertz CT molecular complexity index is 1570. The summed E-state index contributed by atoms with van der Waals surface area (Å²) < 4.78 is 67.7. The molecular weight excluding hydrogens is 1070 g/mol. The topological polar surface area (TPSA) is 237 Å². The first-order chi connectivity index (χ1) is 38.6. The van der Waals surface area contributed by atoms with Crippen LogP contribution in [0.3, 0.4) is 0 Å². The third-order valence-corrected chi connectivity index (χ3v) is 16.3. The van der Waals surface area contributed by atoms with Crippen molar-refractivity contribution in [2.24, 2.45) is 5.92 Å². The molecule has 0 saturated carbocycles. The van der Waals surface area contributed by atoms with Crippen molar-refractivity contribution < 1.29 is 80.2 Å². The third kappa shape index (κ3) is 54.0. The van der Waals surface area contributed by atoms with E-state index in [1.54, 1.807) is 0 Å². The highest BCUT2D eigenvalue weighted by atomic mass is 31.2. The van der Waals surface area contributed by atoms with E-state index in [1.165, 1.54) is 109 Å². The maximum atomic E-state index is 12.9. The number of rotatable bonds is 61. The zero-order valence-corrected chi connectivity index (χ0v) is 53.0. The molecule has 0 radical (unpaired) electrons. The van der Waals surface area contributed by atoms with E-state index in [4.69, 9.17) is 37.0 Å². The second kappa shape index (κ2) is 55.0. The minimum atomic E-state index is -4.94. The van der Waals surface area contributed by atoms with E-state index >= 15 is 0 Å². The first-order valence-corrected chi connectivity index (χ1v) is 35.2. The molecule has 0 fully saturated rings. The third-order valence-electron chi connectivity index (χ3n) is 14.4. The monoisotopic (exact) mass is 1180 g/mol. The lowest BCUT2D eigenvalue weighted by Crippen LogP contribution is -2.30. The van der Waals surface area contributed by atoms with Gasteiger partial charge in [-0.1, -0.05) is 253 Å². The van der Waals surface area contributed by atoms with E-state index in [1.807, 2.05) is 0 Å². The molecule has 19 heteroatoms. The van der Waals surface area contributed by atoms with Crippen molar-refractivity contribution >= 4 is 39.5 Å². The van der Waals surface area contributed by atoms with Crippen molar-refractivity contribution in [3.63, 3.8) is 0 Å². The number of carbonyl (C=O) groups excluding carboxylic acids is 4. The van der Waals surface area contributed by atoms with Crippen LogP contribution in [0.2, 0.25) is 0 Å². The Morgan fingerprint density at radius 1 is 0.350 bits per heavy atom. The molecule has 0 aliphatic heterocycles. The summed E-state index contributed by atoms with van der Waals surface area (Å²) in [4.78, 5) is 71.9. The van der Waals surface area contributed by atoms with Crippen molar-refractivity contribution in [1.29, 1.82) is 0 Å². The van der Waals surface area contributed by atoms with Gasteiger partial charge in [-0.2, -0.15) is 0 Å². The van der Waals surface area contributed by atoms with E-state index in [-0.39, 0.29) is 25.7 Å². The van der Waals surface area contributed by atoms with Crippen molar-refractivity contribution in [2.45, 2.75) is 323 Å². The molecule has 0 bridgehead atoms. The van der Waals surface area contributed by atoms with Crippen molar-refractivity contribution in [3.8, 4) is 0 Å². The van der Waals surface area contributed by atoms with Gasteiger partial charge in [0.15, 0.2) is 12.2 Å². The van der Waals surface area contributed by atoms with E-state index in [2.05, 4.69) is 34.6 Å². The quantitative estimate of drug-likeness (QED) is 0.0222. The number of hydrogen-bond donors (Lipinski definition) is 3. The first kappa shape index (κ1) is 78.1. The summed E-state index contributed by atoms with van der Waals surface area (Å²) >= 11 is 0. The SMILES string of the molecule is CCCCCCCCCCCCCCCCC(=O)O[C@H](COC(=O)CCCCCCCCC(C)CC)COP(=O)(O)OC[C@@H](O)COP(=O)(O)OC[C@@H](COC(=O)CCCCCCCCC)OC(=O)CCCCCCCCCCC. The summed E-state index contributed by atoms with van der Waals surface area (Å²) in [7, 11) is -9.87. The first-order valence-electron chi connectivity index (χ1n) is 32.2. The number of hydrogen-bond acceptors (Lipinski definition) is 15. The molecule has 3 N–H and O–H groups in total. The highest BCUT2D eigenvalue weighted by Crippen LogP contribution is 2.45. The smallest absolute Gasteiger partial charge is 0.462 e. The van der Waals surface area contributed by atoms with Crippen LogP contribution in [0.4, 0.5) is 0 Å². The molecule has 0 aromatic heterocycles. The molecule has 80 heavy (non-hydrogen) atoms. The lowest BCUT2D eigenvalue weighted by Gasteiger charge is -2.21. The molecule has 6 atom stereocenters. The Morgan fingerprint density at radius 2 is 0.600 bits per heavy atom. The van der Waals surface area contributed by atoms with Crippen molar-refractivity contribution in [3.05, 3.63) is 0 Å². The second-order valence-electron chi connectivity index (χ2n) is 22.3. The Kier molecular flexibility index (Phi) is 53.6. The fourth-order valence-electron chi connectivity index (χ4n) is 9.02. The molecular formula is C61H118O17P2. The summed E-state index contributed by atoms with van der Waals surface area (Å²) in [5.41, 5.74) is 0. The normalized spacial score (nSPS) is 14.7.